The molecule has 0 atom stereocenters. The fourth-order valence-corrected chi connectivity index (χ4v) is 2.60. The Kier molecular flexibility index (Phi) is 4.84. The van der Waals surface area contributed by atoms with Gasteiger partial charge in [0, 0.05) is 23.2 Å². The van der Waals surface area contributed by atoms with Crippen molar-refractivity contribution in [2.75, 3.05) is 11.9 Å². The Labute approximate surface area is 145 Å². The van der Waals surface area contributed by atoms with Crippen molar-refractivity contribution in [2.45, 2.75) is 19.8 Å². The summed E-state index contributed by atoms with van der Waals surface area (Å²) < 4.78 is 10.8. The number of anilines is 1. The SMILES string of the molecule is CC(C)c1cc(=O)oc2cc(OCC(=O)Nc3ccccc3)ccc12. The highest BCUT2D eigenvalue weighted by atomic mass is 16.5. The van der Waals surface area contributed by atoms with Gasteiger partial charge in [-0.1, -0.05) is 32.0 Å². The summed E-state index contributed by atoms with van der Waals surface area (Å²) in [6, 6.07) is 15.9. The van der Waals surface area contributed by atoms with Gasteiger partial charge in [-0.25, -0.2) is 4.79 Å². The zero-order chi connectivity index (χ0) is 17.8. The number of carbonyl (C=O) groups is 1. The van der Waals surface area contributed by atoms with E-state index in [2.05, 4.69) is 5.32 Å². The molecule has 5 heteroatoms. The van der Waals surface area contributed by atoms with E-state index in [-0.39, 0.29) is 18.4 Å². The van der Waals surface area contributed by atoms with Gasteiger partial charge in [0.25, 0.3) is 5.91 Å². The molecule has 0 radical (unpaired) electrons. The molecule has 128 valence electrons. The van der Waals surface area contributed by atoms with Crippen molar-refractivity contribution < 1.29 is 13.9 Å². The fraction of sp³-hybridized carbons (Fsp3) is 0.200. The first-order valence-corrected chi connectivity index (χ1v) is 8.08. The summed E-state index contributed by atoms with van der Waals surface area (Å²) in [4.78, 5) is 23.7. The van der Waals surface area contributed by atoms with Gasteiger partial charge in [0.15, 0.2) is 6.61 Å². The Morgan fingerprint density at radius 2 is 1.88 bits per heavy atom. The third-order valence-electron chi connectivity index (χ3n) is 3.80. The zero-order valence-corrected chi connectivity index (χ0v) is 14.1. The molecule has 1 heterocycles. The standard InChI is InChI=1S/C20H19NO4/c1-13(2)17-11-20(23)25-18-10-15(8-9-16(17)18)24-12-19(22)21-14-6-4-3-5-7-14/h3-11,13H,12H2,1-2H3,(H,21,22). The minimum absolute atomic E-state index is 0.130. The van der Waals surface area contributed by atoms with Crippen LogP contribution in [0.15, 0.2) is 63.8 Å². The maximum absolute atomic E-state index is 11.9. The normalized spacial score (nSPS) is 10.8. The molecule has 25 heavy (non-hydrogen) atoms. The molecule has 0 bridgehead atoms. The molecule has 3 rings (SSSR count). The third kappa shape index (κ3) is 4.07. The molecular weight excluding hydrogens is 318 g/mol. The number of amides is 1. The molecule has 2 aromatic carbocycles. The summed E-state index contributed by atoms with van der Waals surface area (Å²) in [5, 5.41) is 3.62. The van der Waals surface area contributed by atoms with Crippen molar-refractivity contribution in [1.29, 1.82) is 0 Å². The molecule has 0 aliphatic carbocycles. The summed E-state index contributed by atoms with van der Waals surface area (Å²) in [5.74, 6) is 0.415. The van der Waals surface area contributed by atoms with Crippen LogP contribution in [0.3, 0.4) is 0 Å². The average Bonchev–Trinajstić information content (AvgIpc) is 2.59. The first kappa shape index (κ1) is 16.8. The van der Waals surface area contributed by atoms with E-state index >= 15 is 0 Å². The lowest BCUT2D eigenvalue weighted by atomic mass is 10.00. The molecule has 1 N–H and O–H groups in total. The smallest absolute Gasteiger partial charge is 0.336 e. The molecule has 1 aromatic heterocycles. The molecule has 0 spiro atoms. The maximum Gasteiger partial charge on any atom is 0.336 e. The number of benzene rings is 2. The number of hydrogen-bond donors (Lipinski definition) is 1. The minimum Gasteiger partial charge on any atom is -0.484 e. The van der Waals surface area contributed by atoms with Crippen molar-refractivity contribution >= 4 is 22.6 Å². The fourth-order valence-electron chi connectivity index (χ4n) is 2.60. The highest BCUT2D eigenvalue weighted by Crippen LogP contribution is 2.27. The maximum atomic E-state index is 11.9. The van der Waals surface area contributed by atoms with Crippen LogP contribution in [-0.4, -0.2) is 12.5 Å². The summed E-state index contributed by atoms with van der Waals surface area (Å²) in [6.07, 6.45) is 0. The Hall–Kier alpha value is -3.08. The van der Waals surface area contributed by atoms with Gasteiger partial charge in [0.1, 0.15) is 11.3 Å². The van der Waals surface area contributed by atoms with E-state index in [9.17, 15) is 9.59 Å². The van der Waals surface area contributed by atoms with Crippen LogP contribution in [-0.2, 0) is 4.79 Å². The van der Waals surface area contributed by atoms with E-state index < -0.39 is 5.63 Å². The lowest BCUT2D eigenvalue weighted by Gasteiger charge is -2.11. The van der Waals surface area contributed by atoms with Gasteiger partial charge in [0.2, 0.25) is 0 Å². The van der Waals surface area contributed by atoms with Crippen LogP contribution < -0.4 is 15.7 Å². The molecule has 0 unspecified atom stereocenters. The number of hydrogen-bond acceptors (Lipinski definition) is 4. The Balaban J connectivity index is 1.74. The van der Waals surface area contributed by atoms with Crippen molar-refractivity contribution in [3.8, 4) is 5.75 Å². The molecule has 0 aliphatic heterocycles. The van der Waals surface area contributed by atoms with Crippen molar-refractivity contribution in [2.24, 2.45) is 0 Å². The third-order valence-corrected chi connectivity index (χ3v) is 3.80. The van der Waals surface area contributed by atoms with E-state index in [1.165, 1.54) is 6.07 Å². The molecular formula is C20H19NO4. The van der Waals surface area contributed by atoms with Crippen molar-refractivity contribution in [3.63, 3.8) is 0 Å². The second kappa shape index (κ2) is 7.21. The minimum atomic E-state index is -0.393. The Morgan fingerprint density at radius 3 is 2.60 bits per heavy atom. The summed E-state index contributed by atoms with van der Waals surface area (Å²) >= 11 is 0. The van der Waals surface area contributed by atoms with Crippen LogP contribution in [0, 0.1) is 0 Å². The Bertz CT molecular complexity index is 945. The zero-order valence-electron chi connectivity index (χ0n) is 14.1. The average molecular weight is 337 g/mol. The van der Waals surface area contributed by atoms with Crippen molar-refractivity contribution in [1.82, 2.24) is 0 Å². The van der Waals surface area contributed by atoms with E-state index in [4.69, 9.17) is 9.15 Å². The molecule has 5 nitrogen and oxygen atoms in total. The van der Waals surface area contributed by atoms with Gasteiger partial charge in [-0.15, -0.1) is 0 Å². The lowest BCUT2D eigenvalue weighted by Crippen LogP contribution is -2.20. The van der Waals surface area contributed by atoms with Gasteiger partial charge in [-0.2, -0.15) is 0 Å². The van der Waals surface area contributed by atoms with E-state index in [1.807, 2.05) is 38.1 Å². The van der Waals surface area contributed by atoms with Crippen LogP contribution in [0.1, 0.15) is 25.3 Å². The second-order valence-electron chi connectivity index (χ2n) is 6.04. The molecule has 0 saturated carbocycles. The van der Waals surface area contributed by atoms with Gasteiger partial charge in [0.05, 0.1) is 0 Å². The van der Waals surface area contributed by atoms with Gasteiger partial charge >= 0.3 is 5.63 Å². The molecule has 1 amide bonds. The number of carbonyl (C=O) groups excluding carboxylic acids is 1. The number of ether oxygens (including phenoxy) is 1. The Morgan fingerprint density at radius 1 is 1.12 bits per heavy atom. The van der Waals surface area contributed by atoms with E-state index in [0.717, 1.165) is 10.9 Å². The number of fused-ring (bicyclic) bond motifs is 1. The van der Waals surface area contributed by atoms with Gasteiger partial charge in [-0.05, 0) is 35.7 Å². The molecule has 0 fully saturated rings. The van der Waals surface area contributed by atoms with E-state index in [0.29, 0.717) is 17.0 Å². The summed E-state index contributed by atoms with van der Waals surface area (Å²) in [5.41, 5.74) is 1.70. The predicted molar refractivity (Wildman–Crippen MR) is 97.1 cm³/mol. The highest BCUT2D eigenvalue weighted by Gasteiger charge is 2.10. The summed E-state index contributed by atoms with van der Waals surface area (Å²) in [7, 11) is 0. The van der Waals surface area contributed by atoms with Crippen LogP contribution in [0.5, 0.6) is 5.75 Å². The van der Waals surface area contributed by atoms with Crippen LogP contribution in [0.2, 0.25) is 0 Å². The monoisotopic (exact) mass is 337 g/mol. The van der Waals surface area contributed by atoms with Gasteiger partial charge < -0.3 is 14.5 Å². The largest absolute Gasteiger partial charge is 0.484 e. The van der Waals surface area contributed by atoms with E-state index in [1.54, 1.807) is 24.3 Å². The highest BCUT2D eigenvalue weighted by molar-refractivity contribution is 5.92. The lowest BCUT2D eigenvalue weighted by molar-refractivity contribution is -0.118. The van der Waals surface area contributed by atoms with Crippen molar-refractivity contribution in [3.05, 3.63) is 70.6 Å². The number of para-hydroxylation sites is 1. The molecule has 0 aliphatic rings. The first-order chi connectivity index (χ1) is 12.0. The molecule has 3 aromatic rings. The van der Waals surface area contributed by atoms with Crippen LogP contribution >= 0.6 is 0 Å². The quantitative estimate of drug-likeness (QED) is 0.716. The number of nitrogens with one attached hydrogen (secondary N) is 1. The number of rotatable bonds is 5. The topological polar surface area (TPSA) is 68.5 Å². The predicted octanol–water partition coefficient (Wildman–Crippen LogP) is 3.93. The summed E-state index contributed by atoms with van der Waals surface area (Å²) in [6.45, 7) is 3.91. The van der Waals surface area contributed by atoms with Crippen LogP contribution in [0.25, 0.3) is 11.0 Å². The van der Waals surface area contributed by atoms with Gasteiger partial charge in [-0.3, -0.25) is 4.79 Å². The second-order valence-corrected chi connectivity index (χ2v) is 6.04. The molecule has 0 saturated heterocycles. The van der Waals surface area contributed by atoms with Crippen LogP contribution in [0.4, 0.5) is 5.69 Å². The first-order valence-electron chi connectivity index (χ1n) is 8.08.